The molecule has 0 spiro atoms. The predicted octanol–water partition coefficient (Wildman–Crippen LogP) is 2.97. The highest BCUT2D eigenvalue weighted by molar-refractivity contribution is 4.81. The fourth-order valence-corrected chi connectivity index (χ4v) is 2.30. The first-order valence-corrected chi connectivity index (χ1v) is 6.42. The summed E-state index contributed by atoms with van der Waals surface area (Å²) in [5.41, 5.74) is 0.126. The van der Waals surface area contributed by atoms with Crippen molar-refractivity contribution in [3.05, 3.63) is 0 Å². The van der Waals surface area contributed by atoms with E-state index in [1.165, 1.54) is 25.7 Å². The normalized spacial score (nSPS) is 26.8. The van der Waals surface area contributed by atoms with Crippen molar-refractivity contribution in [2.24, 2.45) is 5.92 Å². The van der Waals surface area contributed by atoms with Crippen molar-refractivity contribution in [2.75, 3.05) is 13.1 Å². The Morgan fingerprint density at radius 1 is 1.47 bits per heavy atom. The molecule has 0 aromatic heterocycles. The zero-order valence-electron chi connectivity index (χ0n) is 10.8. The van der Waals surface area contributed by atoms with Gasteiger partial charge in [0, 0.05) is 0 Å². The molecule has 0 aromatic carbocycles. The van der Waals surface area contributed by atoms with Crippen LogP contribution in [0.4, 0.5) is 0 Å². The Kier molecular flexibility index (Phi) is 5.07. The van der Waals surface area contributed by atoms with Gasteiger partial charge in [0.2, 0.25) is 0 Å². The van der Waals surface area contributed by atoms with E-state index in [4.69, 9.17) is 4.74 Å². The van der Waals surface area contributed by atoms with Crippen LogP contribution in [0.25, 0.3) is 0 Å². The molecule has 0 radical (unpaired) electrons. The molecule has 1 heterocycles. The summed E-state index contributed by atoms with van der Waals surface area (Å²) in [4.78, 5) is 0. The second kappa shape index (κ2) is 5.86. The number of hydrogen-bond donors (Lipinski definition) is 1. The number of hydrogen-bond acceptors (Lipinski definition) is 2. The van der Waals surface area contributed by atoms with Crippen molar-refractivity contribution in [3.8, 4) is 0 Å². The average molecular weight is 213 g/mol. The molecule has 0 saturated carbocycles. The molecule has 0 aliphatic carbocycles. The molecule has 2 nitrogen and oxygen atoms in total. The fourth-order valence-electron chi connectivity index (χ4n) is 2.30. The Morgan fingerprint density at radius 3 is 2.73 bits per heavy atom. The predicted molar refractivity (Wildman–Crippen MR) is 65.1 cm³/mol. The first-order valence-electron chi connectivity index (χ1n) is 6.42. The minimum Gasteiger partial charge on any atom is -0.372 e. The molecule has 1 rings (SSSR count). The SMILES string of the molecule is CCCNCC(C)CC1CCC(C)(C)O1. The monoisotopic (exact) mass is 213 g/mol. The highest BCUT2D eigenvalue weighted by Gasteiger charge is 2.31. The van der Waals surface area contributed by atoms with Crippen LogP contribution in [0.2, 0.25) is 0 Å². The maximum atomic E-state index is 6.00. The molecule has 90 valence electrons. The van der Waals surface area contributed by atoms with Gasteiger partial charge >= 0.3 is 0 Å². The summed E-state index contributed by atoms with van der Waals surface area (Å²) in [5.74, 6) is 0.732. The van der Waals surface area contributed by atoms with E-state index >= 15 is 0 Å². The van der Waals surface area contributed by atoms with E-state index in [2.05, 4.69) is 33.0 Å². The standard InChI is InChI=1S/C13H27NO/c1-5-8-14-10-11(2)9-12-6-7-13(3,4)15-12/h11-12,14H,5-10H2,1-4H3. The van der Waals surface area contributed by atoms with Gasteiger partial charge in [-0.25, -0.2) is 0 Å². The number of rotatable bonds is 6. The Hall–Kier alpha value is -0.0800. The van der Waals surface area contributed by atoms with Crippen molar-refractivity contribution < 1.29 is 4.74 Å². The molecule has 0 bridgehead atoms. The topological polar surface area (TPSA) is 21.3 Å². The number of ether oxygens (including phenoxy) is 1. The largest absolute Gasteiger partial charge is 0.372 e. The van der Waals surface area contributed by atoms with Crippen LogP contribution in [0.1, 0.15) is 53.4 Å². The molecule has 0 amide bonds. The Morgan fingerprint density at radius 2 is 2.20 bits per heavy atom. The maximum Gasteiger partial charge on any atom is 0.0631 e. The summed E-state index contributed by atoms with van der Waals surface area (Å²) >= 11 is 0. The van der Waals surface area contributed by atoms with Gasteiger partial charge in [0.05, 0.1) is 11.7 Å². The average Bonchev–Trinajstić information content (AvgIpc) is 2.46. The van der Waals surface area contributed by atoms with E-state index in [1.54, 1.807) is 0 Å². The second-order valence-corrected chi connectivity index (χ2v) is 5.58. The number of nitrogens with one attached hydrogen (secondary N) is 1. The Bertz CT molecular complexity index is 179. The highest BCUT2D eigenvalue weighted by atomic mass is 16.5. The first-order chi connectivity index (χ1) is 7.03. The van der Waals surface area contributed by atoms with Gasteiger partial charge in [-0.3, -0.25) is 0 Å². The Labute approximate surface area is 94.8 Å². The van der Waals surface area contributed by atoms with Crippen LogP contribution in [0.5, 0.6) is 0 Å². The van der Waals surface area contributed by atoms with Crippen molar-refractivity contribution in [1.82, 2.24) is 5.32 Å². The van der Waals surface area contributed by atoms with Gasteiger partial charge in [-0.05, 0) is 58.5 Å². The molecule has 0 aromatic rings. The zero-order valence-corrected chi connectivity index (χ0v) is 10.8. The van der Waals surface area contributed by atoms with Crippen LogP contribution in [0.15, 0.2) is 0 Å². The van der Waals surface area contributed by atoms with Crippen LogP contribution in [0, 0.1) is 5.92 Å². The lowest BCUT2D eigenvalue weighted by Crippen LogP contribution is -2.26. The molecule has 1 aliphatic heterocycles. The van der Waals surface area contributed by atoms with Gasteiger partial charge in [-0.2, -0.15) is 0 Å². The fraction of sp³-hybridized carbons (Fsp3) is 1.00. The molecule has 1 fully saturated rings. The molecule has 2 atom stereocenters. The van der Waals surface area contributed by atoms with Gasteiger partial charge in [0.1, 0.15) is 0 Å². The Balaban J connectivity index is 2.13. The van der Waals surface area contributed by atoms with E-state index in [0.717, 1.165) is 19.0 Å². The van der Waals surface area contributed by atoms with Crippen LogP contribution in [0.3, 0.4) is 0 Å². The van der Waals surface area contributed by atoms with Gasteiger partial charge < -0.3 is 10.1 Å². The summed E-state index contributed by atoms with van der Waals surface area (Å²) in [7, 11) is 0. The maximum absolute atomic E-state index is 6.00. The van der Waals surface area contributed by atoms with Gasteiger partial charge in [-0.1, -0.05) is 13.8 Å². The third kappa shape index (κ3) is 4.98. The van der Waals surface area contributed by atoms with Crippen LogP contribution in [-0.2, 0) is 4.74 Å². The molecular weight excluding hydrogens is 186 g/mol. The molecule has 1 N–H and O–H groups in total. The third-order valence-corrected chi connectivity index (χ3v) is 3.14. The van der Waals surface area contributed by atoms with E-state index in [9.17, 15) is 0 Å². The molecule has 2 heteroatoms. The zero-order chi connectivity index (χ0) is 11.3. The summed E-state index contributed by atoms with van der Waals surface area (Å²) < 4.78 is 6.00. The van der Waals surface area contributed by atoms with E-state index in [0.29, 0.717) is 6.10 Å². The van der Waals surface area contributed by atoms with E-state index < -0.39 is 0 Å². The first kappa shape index (κ1) is 13.0. The second-order valence-electron chi connectivity index (χ2n) is 5.58. The lowest BCUT2D eigenvalue weighted by molar-refractivity contribution is -0.0235. The highest BCUT2D eigenvalue weighted by Crippen LogP contribution is 2.32. The van der Waals surface area contributed by atoms with Gasteiger partial charge in [0.25, 0.3) is 0 Å². The summed E-state index contributed by atoms with van der Waals surface area (Å²) in [6.45, 7) is 11.2. The summed E-state index contributed by atoms with van der Waals surface area (Å²) in [5, 5.41) is 3.47. The molecule has 15 heavy (non-hydrogen) atoms. The van der Waals surface area contributed by atoms with Crippen LogP contribution in [-0.4, -0.2) is 24.8 Å². The van der Waals surface area contributed by atoms with Crippen molar-refractivity contribution >= 4 is 0 Å². The van der Waals surface area contributed by atoms with Gasteiger partial charge in [0.15, 0.2) is 0 Å². The molecule has 2 unspecified atom stereocenters. The van der Waals surface area contributed by atoms with Gasteiger partial charge in [-0.15, -0.1) is 0 Å². The van der Waals surface area contributed by atoms with Crippen LogP contribution >= 0.6 is 0 Å². The minimum atomic E-state index is 0.126. The molecule has 1 aliphatic rings. The summed E-state index contributed by atoms with van der Waals surface area (Å²) in [6, 6.07) is 0. The summed E-state index contributed by atoms with van der Waals surface area (Å²) in [6.07, 6.45) is 5.39. The van der Waals surface area contributed by atoms with Crippen molar-refractivity contribution in [2.45, 2.75) is 65.1 Å². The third-order valence-electron chi connectivity index (χ3n) is 3.14. The van der Waals surface area contributed by atoms with Crippen molar-refractivity contribution in [3.63, 3.8) is 0 Å². The molecular formula is C13H27NO. The quantitative estimate of drug-likeness (QED) is 0.685. The lowest BCUT2D eigenvalue weighted by atomic mass is 10.00. The smallest absolute Gasteiger partial charge is 0.0631 e. The van der Waals surface area contributed by atoms with Crippen LogP contribution < -0.4 is 5.32 Å². The van der Waals surface area contributed by atoms with Crippen molar-refractivity contribution in [1.29, 1.82) is 0 Å². The van der Waals surface area contributed by atoms with E-state index in [1.807, 2.05) is 0 Å². The minimum absolute atomic E-state index is 0.126. The van der Waals surface area contributed by atoms with E-state index in [-0.39, 0.29) is 5.60 Å². The lowest BCUT2D eigenvalue weighted by Gasteiger charge is -2.21. The molecule has 1 saturated heterocycles.